The van der Waals surface area contributed by atoms with Crippen molar-refractivity contribution >= 4 is 43.4 Å². The summed E-state index contributed by atoms with van der Waals surface area (Å²) >= 11 is 0. The number of nitrogens with zero attached hydrogens (tertiary/aromatic N) is 1. The second-order valence-corrected chi connectivity index (χ2v) is 7.90. The zero-order valence-electron chi connectivity index (χ0n) is 16.9. The summed E-state index contributed by atoms with van der Waals surface area (Å²) in [7, 11) is 1.99. The third kappa shape index (κ3) is 2.47. The molecule has 0 spiro atoms. The van der Waals surface area contributed by atoms with Crippen LogP contribution in [0.2, 0.25) is 0 Å². The van der Waals surface area contributed by atoms with Crippen LogP contribution in [0.4, 0.5) is 0 Å². The number of benzene rings is 5. The molecule has 1 N–H and O–H groups in total. The Morgan fingerprint density at radius 1 is 0.633 bits per heavy atom. The molecule has 2 heteroatoms. The number of hydrogen-bond acceptors (Lipinski definition) is 1. The van der Waals surface area contributed by atoms with Gasteiger partial charge in [-0.1, -0.05) is 72.8 Å². The monoisotopic (exact) mass is 386 g/mol. The van der Waals surface area contributed by atoms with Crippen LogP contribution in [0.25, 0.3) is 49.0 Å². The summed E-state index contributed by atoms with van der Waals surface area (Å²) in [5, 5.41) is 11.1. The maximum absolute atomic E-state index is 3.27. The fraction of sp³-hybridized carbons (Fsp3) is 0.0714. The zero-order valence-corrected chi connectivity index (χ0v) is 16.9. The lowest BCUT2D eigenvalue weighted by atomic mass is 10.00. The van der Waals surface area contributed by atoms with Crippen LogP contribution >= 0.6 is 0 Å². The molecule has 6 rings (SSSR count). The molecule has 0 atom stereocenters. The third-order valence-electron chi connectivity index (χ3n) is 6.10. The van der Waals surface area contributed by atoms with Crippen LogP contribution in [0, 0.1) is 0 Å². The van der Waals surface area contributed by atoms with Crippen molar-refractivity contribution in [3.63, 3.8) is 0 Å². The van der Waals surface area contributed by atoms with Gasteiger partial charge in [0.1, 0.15) is 0 Å². The summed E-state index contributed by atoms with van der Waals surface area (Å²) in [5.74, 6) is 0. The van der Waals surface area contributed by atoms with E-state index in [1.807, 2.05) is 7.05 Å². The van der Waals surface area contributed by atoms with Crippen LogP contribution in [0.1, 0.15) is 5.56 Å². The standard InChI is InChI=1S/C28H22N2/c1-29-18-19-7-6-10-22(17-19)30-25-15-13-20-8-2-4-11-23(20)27(25)28-24-12-5-3-9-21(24)14-16-26(28)30/h2-17,29H,18H2,1H3. The van der Waals surface area contributed by atoms with E-state index in [0.29, 0.717) is 0 Å². The number of nitrogens with one attached hydrogen (secondary N) is 1. The predicted octanol–water partition coefficient (Wildman–Crippen LogP) is 6.81. The van der Waals surface area contributed by atoms with E-state index in [0.717, 1.165) is 6.54 Å². The molecule has 0 amide bonds. The van der Waals surface area contributed by atoms with Gasteiger partial charge in [0.2, 0.25) is 0 Å². The van der Waals surface area contributed by atoms with Gasteiger partial charge in [0.15, 0.2) is 0 Å². The quantitative estimate of drug-likeness (QED) is 0.353. The first kappa shape index (κ1) is 17.3. The minimum absolute atomic E-state index is 0.858. The normalized spacial score (nSPS) is 11.8. The molecule has 1 aromatic heterocycles. The Labute approximate surface area is 175 Å². The number of hydrogen-bond donors (Lipinski definition) is 1. The van der Waals surface area contributed by atoms with E-state index in [1.54, 1.807) is 0 Å². The van der Waals surface area contributed by atoms with Gasteiger partial charge >= 0.3 is 0 Å². The Morgan fingerprint density at radius 3 is 1.83 bits per heavy atom. The SMILES string of the molecule is CNCc1cccc(-n2c3ccc4ccccc4c3c3c4ccccc4ccc32)c1. The van der Waals surface area contributed by atoms with Crippen LogP contribution < -0.4 is 5.32 Å². The fourth-order valence-corrected chi connectivity index (χ4v) is 4.84. The lowest BCUT2D eigenvalue weighted by Crippen LogP contribution is -2.05. The van der Waals surface area contributed by atoms with Gasteiger partial charge in [-0.2, -0.15) is 0 Å². The van der Waals surface area contributed by atoms with Crippen molar-refractivity contribution in [2.75, 3.05) is 7.05 Å². The van der Waals surface area contributed by atoms with E-state index in [9.17, 15) is 0 Å². The first-order valence-corrected chi connectivity index (χ1v) is 10.4. The Kier molecular flexibility index (Phi) is 3.87. The fourth-order valence-electron chi connectivity index (χ4n) is 4.84. The number of fused-ring (bicyclic) bond motifs is 7. The molecule has 30 heavy (non-hydrogen) atoms. The summed E-state index contributed by atoms with van der Waals surface area (Å²) in [6.07, 6.45) is 0. The van der Waals surface area contributed by atoms with Gasteiger partial charge in [-0.15, -0.1) is 0 Å². The molecule has 0 aliphatic rings. The molecule has 0 unspecified atom stereocenters. The van der Waals surface area contributed by atoms with Crippen molar-refractivity contribution in [3.05, 3.63) is 103 Å². The second kappa shape index (κ2) is 6.72. The molecule has 0 aliphatic carbocycles. The summed E-state index contributed by atoms with van der Waals surface area (Å²) in [4.78, 5) is 0. The highest BCUT2D eigenvalue weighted by molar-refractivity contribution is 6.28. The molecule has 0 aliphatic heterocycles. The Morgan fingerprint density at radius 2 is 1.23 bits per heavy atom. The summed E-state index contributed by atoms with van der Waals surface area (Å²) in [6.45, 7) is 0.858. The highest BCUT2D eigenvalue weighted by Gasteiger charge is 2.17. The Balaban J connectivity index is 1.84. The van der Waals surface area contributed by atoms with Gasteiger partial charge in [0.05, 0.1) is 11.0 Å². The largest absolute Gasteiger partial charge is 0.316 e. The first-order valence-electron chi connectivity index (χ1n) is 10.4. The van der Waals surface area contributed by atoms with Crippen LogP contribution in [0.5, 0.6) is 0 Å². The van der Waals surface area contributed by atoms with Crippen LogP contribution in [-0.4, -0.2) is 11.6 Å². The number of aromatic nitrogens is 1. The van der Waals surface area contributed by atoms with Crippen molar-refractivity contribution in [2.45, 2.75) is 6.54 Å². The van der Waals surface area contributed by atoms with Crippen LogP contribution in [-0.2, 0) is 6.54 Å². The van der Waals surface area contributed by atoms with Crippen molar-refractivity contribution < 1.29 is 0 Å². The molecule has 5 aromatic carbocycles. The predicted molar refractivity (Wildman–Crippen MR) is 129 cm³/mol. The van der Waals surface area contributed by atoms with Crippen molar-refractivity contribution in [3.8, 4) is 5.69 Å². The number of rotatable bonds is 3. The summed E-state index contributed by atoms with van der Waals surface area (Å²) in [6, 6.07) is 35.3. The van der Waals surface area contributed by atoms with E-state index in [2.05, 4.69) is 107 Å². The van der Waals surface area contributed by atoms with Crippen molar-refractivity contribution in [1.29, 1.82) is 0 Å². The zero-order chi connectivity index (χ0) is 20.1. The van der Waals surface area contributed by atoms with Gasteiger partial charge in [0, 0.05) is 23.0 Å². The average Bonchev–Trinajstić information content (AvgIpc) is 3.15. The molecular formula is C28H22N2. The lowest BCUT2D eigenvalue weighted by molar-refractivity contribution is 0.817. The summed E-state index contributed by atoms with van der Waals surface area (Å²) < 4.78 is 2.42. The molecule has 0 fully saturated rings. The lowest BCUT2D eigenvalue weighted by Gasteiger charge is -2.10. The van der Waals surface area contributed by atoms with Crippen molar-refractivity contribution in [1.82, 2.24) is 9.88 Å². The molecular weight excluding hydrogens is 364 g/mol. The smallest absolute Gasteiger partial charge is 0.0547 e. The highest BCUT2D eigenvalue weighted by atomic mass is 15.0. The van der Waals surface area contributed by atoms with Crippen LogP contribution in [0.15, 0.2) is 97.1 Å². The van der Waals surface area contributed by atoms with Gasteiger partial charge in [-0.05, 0) is 58.4 Å². The molecule has 2 nitrogen and oxygen atoms in total. The van der Waals surface area contributed by atoms with E-state index in [1.165, 1.54) is 54.6 Å². The Hall–Kier alpha value is -3.62. The van der Waals surface area contributed by atoms with Gasteiger partial charge in [0.25, 0.3) is 0 Å². The van der Waals surface area contributed by atoms with E-state index < -0.39 is 0 Å². The maximum atomic E-state index is 3.27. The van der Waals surface area contributed by atoms with E-state index in [4.69, 9.17) is 0 Å². The maximum Gasteiger partial charge on any atom is 0.0547 e. The van der Waals surface area contributed by atoms with E-state index in [-0.39, 0.29) is 0 Å². The molecule has 0 bridgehead atoms. The molecule has 6 aromatic rings. The minimum Gasteiger partial charge on any atom is -0.316 e. The molecule has 0 saturated carbocycles. The van der Waals surface area contributed by atoms with E-state index >= 15 is 0 Å². The third-order valence-corrected chi connectivity index (χ3v) is 6.10. The first-order chi connectivity index (χ1) is 14.8. The molecule has 144 valence electrons. The highest BCUT2D eigenvalue weighted by Crippen LogP contribution is 2.40. The minimum atomic E-state index is 0.858. The van der Waals surface area contributed by atoms with Crippen molar-refractivity contribution in [2.24, 2.45) is 0 Å². The van der Waals surface area contributed by atoms with Gasteiger partial charge in [-0.25, -0.2) is 0 Å². The summed E-state index contributed by atoms with van der Waals surface area (Å²) in [5.41, 5.74) is 4.99. The molecule has 0 saturated heterocycles. The Bertz CT molecular complexity index is 1460. The van der Waals surface area contributed by atoms with Gasteiger partial charge in [-0.3, -0.25) is 0 Å². The molecule has 0 radical (unpaired) electrons. The van der Waals surface area contributed by atoms with Gasteiger partial charge < -0.3 is 9.88 Å². The second-order valence-electron chi connectivity index (χ2n) is 7.90. The topological polar surface area (TPSA) is 17.0 Å². The van der Waals surface area contributed by atoms with Crippen LogP contribution in [0.3, 0.4) is 0 Å². The molecule has 1 heterocycles. The average molecular weight is 386 g/mol.